The Kier molecular flexibility index (Phi) is 6.01. The molecule has 0 saturated carbocycles. The maximum Gasteiger partial charge on any atom is 0.229 e. The van der Waals surface area contributed by atoms with Gasteiger partial charge in [-0.1, -0.05) is 6.92 Å². The largest absolute Gasteiger partial charge is 0.493 e. The van der Waals surface area contributed by atoms with Crippen LogP contribution >= 0.6 is 0 Å². The number of methoxy groups -OCH3 is 1. The summed E-state index contributed by atoms with van der Waals surface area (Å²) in [5.74, 6) is 3.31. The first-order chi connectivity index (χ1) is 13.0. The van der Waals surface area contributed by atoms with Crippen molar-refractivity contribution in [1.82, 2.24) is 14.9 Å². The number of hydrogen-bond acceptors (Lipinski definition) is 7. The number of nitrogens with zero attached hydrogens (tertiary/aromatic N) is 3. The summed E-state index contributed by atoms with van der Waals surface area (Å²) in [7, 11) is 3.50. The van der Waals surface area contributed by atoms with Crippen molar-refractivity contribution >= 4 is 17.5 Å². The lowest BCUT2D eigenvalue weighted by Crippen LogP contribution is -2.52. The highest BCUT2D eigenvalue weighted by Crippen LogP contribution is 2.34. The molecule has 0 spiro atoms. The van der Waals surface area contributed by atoms with Gasteiger partial charge in [-0.3, -0.25) is 0 Å². The minimum atomic E-state index is 0.128. The Balaban J connectivity index is 1.74. The van der Waals surface area contributed by atoms with Crippen LogP contribution in [0.15, 0.2) is 24.3 Å². The topological polar surface area (TPSA) is 71.5 Å². The normalized spacial score (nSPS) is 15.7. The number of likely N-dealkylation sites (tertiary alicyclic amines) is 1. The summed E-state index contributed by atoms with van der Waals surface area (Å²) < 4.78 is 11.7. The number of aromatic nitrogens is 2. The van der Waals surface area contributed by atoms with Crippen molar-refractivity contribution in [1.29, 1.82) is 0 Å². The van der Waals surface area contributed by atoms with Crippen molar-refractivity contribution in [2.75, 3.05) is 44.4 Å². The molecule has 1 aliphatic rings. The van der Waals surface area contributed by atoms with E-state index in [-0.39, 0.29) is 6.10 Å². The smallest absolute Gasteiger partial charge is 0.229 e. The Labute approximate surface area is 161 Å². The van der Waals surface area contributed by atoms with Crippen LogP contribution < -0.4 is 20.1 Å². The first kappa shape index (κ1) is 19.2. The minimum absolute atomic E-state index is 0.128. The minimum Gasteiger partial charge on any atom is -0.493 e. The monoisotopic (exact) mass is 371 g/mol. The molecule has 2 aromatic rings. The molecule has 7 heteroatoms. The van der Waals surface area contributed by atoms with Crippen LogP contribution in [0.1, 0.15) is 19.5 Å². The van der Waals surface area contributed by atoms with E-state index < -0.39 is 0 Å². The molecule has 1 aliphatic heterocycles. The zero-order valence-electron chi connectivity index (χ0n) is 16.7. The van der Waals surface area contributed by atoms with Crippen LogP contribution in [0.4, 0.5) is 17.5 Å². The highest BCUT2D eigenvalue weighted by atomic mass is 16.5. The first-order valence-electron chi connectivity index (χ1n) is 9.39. The average molecular weight is 371 g/mol. The molecule has 7 nitrogen and oxygen atoms in total. The molecule has 0 unspecified atom stereocenters. The second-order valence-electron chi connectivity index (χ2n) is 6.89. The lowest BCUT2D eigenvalue weighted by molar-refractivity contribution is 0.0207. The third-order valence-electron chi connectivity index (χ3n) is 4.94. The van der Waals surface area contributed by atoms with Crippen molar-refractivity contribution < 1.29 is 9.47 Å². The molecule has 0 bridgehead atoms. The van der Waals surface area contributed by atoms with Gasteiger partial charge in [-0.2, -0.15) is 4.98 Å². The summed E-state index contributed by atoms with van der Waals surface area (Å²) >= 11 is 0. The van der Waals surface area contributed by atoms with E-state index in [4.69, 9.17) is 9.47 Å². The van der Waals surface area contributed by atoms with Gasteiger partial charge >= 0.3 is 0 Å². The van der Waals surface area contributed by atoms with Crippen molar-refractivity contribution in [2.45, 2.75) is 26.9 Å². The van der Waals surface area contributed by atoms with E-state index in [1.54, 1.807) is 7.11 Å². The molecule has 1 fully saturated rings. The summed E-state index contributed by atoms with van der Waals surface area (Å²) in [6.45, 7) is 9.52. The van der Waals surface area contributed by atoms with Gasteiger partial charge in [0.1, 0.15) is 11.9 Å². The highest BCUT2D eigenvalue weighted by Gasteiger charge is 2.31. The fraction of sp³-hybridized carbons (Fsp3) is 0.500. The van der Waals surface area contributed by atoms with Crippen molar-refractivity contribution in [3.05, 3.63) is 30.0 Å². The molecule has 146 valence electrons. The fourth-order valence-electron chi connectivity index (χ4n) is 3.19. The van der Waals surface area contributed by atoms with Gasteiger partial charge in [0.25, 0.3) is 0 Å². The second kappa shape index (κ2) is 8.43. The summed E-state index contributed by atoms with van der Waals surface area (Å²) in [6.07, 6.45) is 0.128. The Morgan fingerprint density at radius 1 is 1.22 bits per heavy atom. The van der Waals surface area contributed by atoms with Crippen LogP contribution in [0, 0.1) is 12.8 Å². The van der Waals surface area contributed by atoms with Crippen LogP contribution in [-0.2, 0) is 0 Å². The van der Waals surface area contributed by atoms with E-state index in [1.807, 2.05) is 38.2 Å². The quantitative estimate of drug-likeness (QED) is 0.738. The van der Waals surface area contributed by atoms with Gasteiger partial charge in [-0.15, -0.1) is 0 Å². The molecule has 1 aromatic heterocycles. The zero-order valence-corrected chi connectivity index (χ0v) is 16.7. The second-order valence-corrected chi connectivity index (χ2v) is 6.89. The van der Waals surface area contributed by atoms with Gasteiger partial charge in [0.15, 0.2) is 11.5 Å². The molecule has 3 rings (SSSR count). The molecular weight excluding hydrogens is 342 g/mol. The van der Waals surface area contributed by atoms with E-state index in [1.165, 1.54) is 0 Å². The van der Waals surface area contributed by atoms with Gasteiger partial charge in [0.05, 0.1) is 7.11 Å². The molecule has 0 aliphatic carbocycles. The predicted molar refractivity (Wildman–Crippen MR) is 108 cm³/mol. The molecular formula is C20H29N5O2. The number of hydrogen-bond donors (Lipinski definition) is 2. The van der Waals surface area contributed by atoms with Gasteiger partial charge in [0, 0.05) is 49.6 Å². The van der Waals surface area contributed by atoms with Crippen molar-refractivity contribution in [3.8, 4) is 11.5 Å². The first-order valence-corrected chi connectivity index (χ1v) is 9.39. The van der Waals surface area contributed by atoms with Crippen LogP contribution in [0.2, 0.25) is 0 Å². The number of aryl methyl sites for hydroxylation is 1. The molecule has 1 atom stereocenters. The predicted octanol–water partition coefficient (Wildman–Crippen LogP) is 3.30. The summed E-state index contributed by atoms with van der Waals surface area (Å²) in [5, 5.41) is 6.30. The third-order valence-corrected chi connectivity index (χ3v) is 4.94. The van der Waals surface area contributed by atoms with Gasteiger partial charge in [-0.25, -0.2) is 4.98 Å². The Morgan fingerprint density at radius 2 is 2.00 bits per heavy atom. The van der Waals surface area contributed by atoms with Crippen molar-refractivity contribution in [3.63, 3.8) is 0 Å². The van der Waals surface area contributed by atoms with Crippen LogP contribution in [0.25, 0.3) is 0 Å². The fourth-order valence-corrected chi connectivity index (χ4v) is 3.19. The van der Waals surface area contributed by atoms with E-state index in [0.717, 1.165) is 48.3 Å². The number of benzene rings is 1. The van der Waals surface area contributed by atoms with Gasteiger partial charge < -0.3 is 25.0 Å². The Hall–Kier alpha value is -2.54. The number of ether oxygens (including phenoxy) is 2. The molecule has 2 heterocycles. The molecule has 0 radical (unpaired) electrons. The standard InChI is InChI=1S/C20H29N5O2/c1-6-25-11-15(12-25)14(3)27-18-10-16(7-8-17(18)26-5)23-20-22-13(2)9-19(21-4)24-20/h7-10,14-15H,6,11-12H2,1-5H3,(H2,21,22,23,24)/t14-/m0/s1. The number of anilines is 3. The molecule has 1 saturated heterocycles. The maximum atomic E-state index is 6.24. The molecule has 0 amide bonds. The van der Waals surface area contributed by atoms with E-state index in [0.29, 0.717) is 11.9 Å². The van der Waals surface area contributed by atoms with Crippen LogP contribution in [-0.4, -0.2) is 54.8 Å². The lowest BCUT2D eigenvalue weighted by Gasteiger charge is -2.41. The number of nitrogens with one attached hydrogen (secondary N) is 2. The van der Waals surface area contributed by atoms with E-state index in [2.05, 4.69) is 39.3 Å². The molecule has 1 aromatic carbocycles. The van der Waals surface area contributed by atoms with E-state index in [9.17, 15) is 0 Å². The summed E-state index contributed by atoms with van der Waals surface area (Å²) in [4.78, 5) is 11.3. The third kappa shape index (κ3) is 4.60. The summed E-state index contributed by atoms with van der Waals surface area (Å²) in [5.41, 5.74) is 1.75. The highest BCUT2D eigenvalue weighted by molar-refractivity contribution is 5.60. The summed E-state index contributed by atoms with van der Waals surface area (Å²) in [6, 6.07) is 7.67. The van der Waals surface area contributed by atoms with E-state index >= 15 is 0 Å². The average Bonchev–Trinajstić information content (AvgIpc) is 2.60. The van der Waals surface area contributed by atoms with Gasteiger partial charge in [0.2, 0.25) is 5.95 Å². The molecule has 27 heavy (non-hydrogen) atoms. The van der Waals surface area contributed by atoms with Crippen molar-refractivity contribution in [2.24, 2.45) is 5.92 Å². The SMILES string of the molecule is CCN1CC([C@H](C)Oc2cc(Nc3nc(C)cc(NC)n3)ccc2OC)C1. The Bertz CT molecular complexity index is 777. The van der Waals surface area contributed by atoms with Crippen LogP contribution in [0.5, 0.6) is 11.5 Å². The van der Waals surface area contributed by atoms with Gasteiger partial charge in [-0.05, 0) is 32.5 Å². The number of rotatable bonds is 8. The molecule has 2 N–H and O–H groups in total. The lowest BCUT2D eigenvalue weighted by atomic mass is 9.95. The van der Waals surface area contributed by atoms with Crippen LogP contribution in [0.3, 0.4) is 0 Å². The zero-order chi connectivity index (χ0) is 19.4. The maximum absolute atomic E-state index is 6.24. The Morgan fingerprint density at radius 3 is 2.67 bits per heavy atom.